The molecule has 1 N–H and O–H groups in total. The van der Waals surface area contributed by atoms with Crippen molar-refractivity contribution in [1.29, 1.82) is 0 Å². The van der Waals surface area contributed by atoms with Crippen LogP contribution >= 0.6 is 0 Å². The van der Waals surface area contributed by atoms with Gasteiger partial charge in [0.1, 0.15) is 0 Å². The Hall–Kier alpha value is -2.58. The fourth-order valence-electron chi connectivity index (χ4n) is 3.47. The minimum atomic E-state index is -0.218. The van der Waals surface area contributed by atoms with E-state index in [0.29, 0.717) is 39.1 Å². The van der Waals surface area contributed by atoms with Gasteiger partial charge in [-0.2, -0.15) is 5.10 Å². The Bertz CT molecular complexity index is 695. The molecule has 1 aromatic heterocycles. The van der Waals surface area contributed by atoms with Crippen LogP contribution in [0.1, 0.15) is 12.5 Å². The Kier molecular flexibility index (Phi) is 3.43. The Morgan fingerprint density at radius 1 is 1.29 bits per heavy atom. The molecule has 0 aromatic carbocycles. The van der Waals surface area contributed by atoms with Crippen molar-refractivity contribution in [3.05, 3.63) is 12.4 Å². The number of amides is 4. The molecular formula is C15H20N6O3. The highest BCUT2D eigenvalue weighted by atomic mass is 16.2. The highest BCUT2D eigenvalue weighted by molar-refractivity contribution is 5.93. The summed E-state index contributed by atoms with van der Waals surface area (Å²) in [5, 5.41) is 7.09. The summed E-state index contributed by atoms with van der Waals surface area (Å²) in [6.07, 6.45) is 3.84. The molecule has 1 aromatic rings. The first kappa shape index (κ1) is 15.0. The van der Waals surface area contributed by atoms with Crippen LogP contribution in [-0.2, 0) is 9.59 Å². The third-order valence-corrected chi connectivity index (χ3v) is 4.99. The van der Waals surface area contributed by atoms with Gasteiger partial charge < -0.3 is 15.1 Å². The van der Waals surface area contributed by atoms with Crippen LogP contribution in [0.2, 0.25) is 0 Å². The van der Waals surface area contributed by atoms with Crippen molar-refractivity contribution in [1.82, 2.24) is 24.9 Å². The molecule has 0 aliphatic carbocycles. The molecule has 0 saturated carbocycles. The fourth-order valence-corrected chi connectivity index (χ4v) is 3.47. The molecule has 9 nitrogen and oxygen atoms in total. The second-order valence-corrected chi connectivity index (χ2v) is 6.63. The molecule has 4 rings (SSSR count). The van der Waals surface area contributed by atoms with Crippen LogP contribution in [0.5, 0.6) is 0 Å². The van der Waals surface area contributed by atoms with E-state index in [4.69, 9.17) is 0 Å². The van der Waals surface area contributed by atoms with E-state index in [2.05, 4.69) is 10.4 Å². The van der Waals surface area contributed by atoms with Gasteiger partial charge in [0.15, 0.2) is 0 Å². The third kappa shape index (κ3) is 2.40. The average molecular weight is 332 g/mol. The number of nitrogens with one attached hydrogen (secondary N) is 1. The van der Waals surface area contributed by atoms with E-state index in [-0.39, 0.29) is 29.8 Å². The Morgan fingerprint density at radius 3 is 2.71 bits per heavy atom. The molecule has 0 bridgehead atoms. The predicted octanol–water partition coefficient (Wildman–Crippen LogP) is -0.726. The van der Waals surface area contributed by atoms with Crippen LogP contribution in [0.4, 0.5) is 10.5 Å². The zero-order chi connectivity index (χ0) is 16.8. The molecule has 3 saturated heterocycles. The minimum Gasteiger partial charge on any atom is -0.345 e. The summed E-state index contributed by atoms with van der Waals surface area (Å²) in [7, 11) is 1.73. The average Bonchev–Trinajstić information content (AvgIpc) is 3.19. The number of aromatic nitrogens is 2. The minimum absolute atomic E-state index is 0.0334. The Balaban J connectivity index is 1.34. The van der Waals surface area contributed by atoms with Crippen molar-refractivity contribution < 1.29 is 14.4 Å². The van der Waals surface area contributed by atoms with Gasteiger partial charge in [0.2, 0.25) is 11.8 Å². The van der Waals surface area contributed by atoms with Crippen molar-refractivity contribution in [3.63, 3.8) is 0 Å². The standard InChI is InChI=1S/C15H20N6O3/c1-18-6-10(4-13(18)22)14(23)19-7-12(8-19)21-9-11(5-17-21)20-3-2-16-15(20)24/h5,9-10,12H,2-4,6-8H2,1H3,(H,16,24). The molecule has 3 aliphatic rings. The van der Waals surface area contributed by atoms with Crippen LogP contribution in [0.15, 0.2) is 12.4 Å². The maximum Gasteiger partial charge on any atom is 0.322 e. The van der Waals surface area contributed by atoms with E-state index in [1.807, 2.05) is 10.9 Å². The van der Waals surface area contributed by atoms with Crippen LogP contribution in [0, 0.1) is 5.92 Å². The highest BCUT2D eigenvalue weighted by Crippen LogP contribution is 2.27. The lowest BCUT2D eigenvalue weighted by molar-refractivity contribution is -0.141. The quantitative estimate of drug-likeness (QED) is 0.790. The zero-order valence-electron chi connectivity index (χ0n) is 13.5. The molecule has 9 heteroatoms. The normalized spacial score (nSPS) is 24.5. The summed E-state index contributed by atoms with van der Waals surface area (Å²) in [5.74, 6) is -0.133. The maximum absolute atomic E-state index is 12.4. The number of hydrogen-bond acceptors (Lipinski definition) is 4. The monoisotopic (exact) mass is 332 g/mol. The molecule has 1 unspecified atom stereocenters. The number of rotatable bonds is 3. The molecule has 1 atom stereocenters. The number of nitrogens with zero attached hydrogens (tertiary/aromatic N) is 5. The number of carbonyl (C=O) groups is 3. The summed E-state index contributed by atoms with van der Waals surface area (Å²) in [6.45, 7) is 2.99. The smallest absolute Gasteiger partial charge is 0.322 e. The van der Waals surface area contributed by atoms with Crippen LogP contribution < -0.4 is 10.2 Å². The van der Waals surface area contributed by atoms with Gasteiger partial charge in [-0.15, -0.1) is 0 Å². The zero-order valence-corrected chi connectivity index (χ0v) is 13.5. The van der Waals surface area contributed by atoms with Gasteiger partial charge in [-0.3, -0.25) is 19.2 Å². The van der Waals surface area contributed by atoms with E-state index in [1.54, 1.807) is 27.9 Å². The van der Waals surface area contributed by atoms with Gasteiger partial charge in [-0.25, -0.2) is 4.79 Å². The molecule has 0 spiro atoms. The van der Waals surface area contributed by atoms with Gasteiger partial charge in [0.25, 0.3) is 0 Å². The lowest BCUT2D eigenvalue weighted by atomic mass is 10.0. The number of likely N-dealkylation sites (tertiary alicyclic amines) is 2. The Morgan fingerprint density at radius 2 is 2.08 bits per heavy atom. The molecule has 24 heavy (non-hydrogen) atoms. The predicted molar refractivity (Wildman–Crippen MR) is 84.3 cm³/mol. The van der Waals surface area contributed by atoms with Gasteiger partial charge in [0, 0.05) is 52.4 Å². The second-order valence-electron chi connectivity index (χ2n) is 6.63. The molecule has 128 valence electrons. The summed E-state index contributed by atoms with van der Waals surface area (Å²) in [5.41, 5.74) is 0.776. The van der Waals surface area contributed by atoms with Crippen molar-refractivity contribution >= 4 is 23.5 Å². The number of anilines is 1. The van der Waals surface area contributed by atoms with Gasteiger partial charge in [-0.05, 0) is 0 Å². The van der Waals surface area contributed by atoms with Gasteiger partial charge in [0.05, 0.1) is 23.8 Å². The first-order chi connectivity index (χ1) is 11.5. The molecule has 0 radical (unpaired) electrons. The van der Waals surface area contributed by atoms with Crippen molar-refractivity contribution in [3.8, 4) is 0 Å². The van der Waals surface area contributed by atoms with Crippen molar-refractivity contribution in [2.75, 3.05) is 44.7 Å². The topological polar surface area (TPSA) is 90.8 Å². The Labute approximate surface area is 139 Å². The van der Waals surface area contributed by atoms with Gasteiger partial charge in [-0.1, -0.05) is 0 Å². The molecular weight excluding hydrogens is 312 g/mol. The van der Waals surface area contributed by atoms with Gasteiger partial charge >= 0.3 is 6.03 Å². The lowest BCUT2D eigenvalue weighted by Gasteiger charge is -2.40. The maximum atomic E-state index is 12.4. The summed E-state index contributed by atoms with van der Waals surface area (Å²) < 4.78 is 1.82. The second kappa shape index (κ2) is 5.50. The number of hydrogen-bond donors (Lipinski definition) is 1. The molecule has 4 heterocycles. The van der Waals surface area contributed by atoms with E-state index in [9.17, 15) is 14.4 Å². The third-order valence-electron chi connectivity index (χ3n) is 4.99. The number of urea groups is 1. The summed E-state index contributed by atoms with van der Waals surface area (Å²) in [4.78, 5) is 40.7. The van der Waals surface area contributed by atoms with E-state index < -0.39 is 0 Å². The number of carbonyl (C=O) groups excluding carboxylic acids is 3. The SMILES string of the molecule is CN1CC(C(=O)N2CC(n3cc(N4CCNC4=O)cn3)C2)CC1=O. The highest BCUT2D eigenvalue weighted by Gasteiger charge is 2.40. The van der Waals surface area contributed by atoms with Crippen LogP contribution in [0.3, 0.4) is 0 Å². The fraction of sp³-hybridized carbons (Fsp3) is 0.600. The largest absolute Gasteiger partial charge is 0.345 e. The molecule has 3 fully saturated rings. The molecule has 4 amide bonds. The first-order valence-electron chi connectivity index (χ1n) is 8.15. The van der Waals surface area contributed by atoms with Crippen molar-refractivity contribution in [2.24, 2.45) is 5.92 Å². The van der Waals surface area contributed by atoms with Crippen LogP contribution in [0.25, 0.3) is 0 Å². The van der Waals surface area contributed by atoms with E-state index in [1.165, 1.54) is 0 Å². The lowest BCUT2D eigenvalue weighted by Crippen LogP contribution is -2.53. The summed E-state index contributed by atoms with van der Waals surface area (Å²) in [6, 6.07) is 0.0261. The van der Waals surface area contributed by atoms with E-state index >= 15 is 0 Å². The van der Waals surface area contributed by atoms with Crippen LogP contribution in [-0.4, -0.2) is 77.2 Å². The molecule has 3 aliphatic heterocycles. The van der Waals surface area contributed by atoms with E-state index in [0.717, 1.165) is 5.69 Å². The first-order valence-corrected chi connectivity index (χ1v) is 8.15. The summed E-state index contributed by atoms with van der Waals surface area (Å²) >= 11 is 0. The van der Waals surface area contributed by atoms with Crippen molar-refractivity contribution in [2.45, 2.75) is 12.5 Å².